The van der Waals surface area contributed by atoms with Crippen molar-refractivity contribution in [2.75, 3.05) is 20.8 Å². The van der Waals surface area contributed by atoms with Crippen LogP contribution in [-0.4, -0.2) is 81.7 Å². The molecule has 0 aromatic carbocycles. The molecule has 0 radical (unpaired) electrons. The van der Waals surface area contributed by atoms with Crippen LogP contribution in [0.15, 0.2) is 0 Å². The van der Waals surface area contributed by atoms with Crippen molar-refractivity contribution in [2.45, 2.75) is 30.7 Å². The van der Waals surface area contributed by atoms with Crippen LogP contribution in [-0.2, 0) is 65.8 Å². The first-order valence-electron chi connectivity index (χ1n) is 6.09. The molecule has 26 heavy (non-hydrogen) atoms. The van der Waals surface area contributed by atoms with Gasteiger partial charge in [-0.15, -0.1) is 0 Å². The minimum Gasteiger partial charge on any atom is -0.726 e. The highest BCUT2D eigenvalue weighted by Crippen LogP contribution is 2.29. The molecule has 1 rings (SSSR count). The molecule has 1 heterocycles. The number of ether oxygens (including phenoxy) is 3. The van der Waals surface area contributed by atoms with Gasteiger partial charge < -0.3 is 28.6 Å². The van der Waals surface area contributed by atoms with Crippen molar-refractivity contribution in [1.82, 2.24) is 0 Å². The molecule has 5 atom stereocenters. The largest absolute Gasteiger partial charge is 0.726 e. The zero-order chi connectivity index (χ0) is 20.5. The molecule has 156 valence electrons. The topological polar surface area (TPSA) is 219 Å². The van der Waals surface area contributed by atoms with E-state index in [1.165, 1.54) is 0 Å². The quantitative estimate of drug-likeness (QED) is 0.143. The molecule has 0 aromatic heterocycles. The average Bonchev–Trinajstić information content (AvgIpc) is 2.54. The lowest BCUT2D eigenvalue weighted by atomic mass is 9.99. The lowest BCUT2D eigenvalue weighted by molar-refractivity contribution is -0.807. The molecule has 0 amide bonds. The third kappa shape index (κ3) is 8.47. The van der Waals surface area contributed by atoms with Gasteiger partial charge in [-0.1, -0.05) is 0 Å². The second-order valence-electron chi connectivity index (χ2n) is 4.27. The summed E-state index contributed by atoms with van der Waals surface area (Å²) in [6.45, 7) is -0.948. The summed E-state index contributed by atoms with van der Waals surface area (Å²) in [5.74, 6) is 0. The van der Waals surface area contributed by atoms with Crippen LogP contribution in [0.2, 0.25) is 0 Å². The summed E-state index contributed by atoms with van der Waals surface area (Å²) in [7, 11) is -8.29. The van der Waals surface area contributed by atoms with Gasteiger partial charge in [-0.05, 0) is 0 Å². The fourth-order valence-corrected chi connectivity index (χ4v) is 2.79. The van der Waals surface area contributed by atoms with Gasteiger partial charge in [0.15, 0.2) is 24.9 Å². The van der Waals surface area contributed by atoms with Crippen molar-refractivity contribution in [3.05, 3.63) is 0 Å². The van der Waals surface area contributed by atoms with Gasteiger partial charge >= 0.3 is 0 Å². The van der Waals surface area contributed by atoms with Crippen LogP contribution in [0.1, 0.15) is 0 Å². The Bertz CT molecular complexity index is 604. The van der Waals surface area contributed by atoms with Crippen molar-refractivity contribution in [1.29, 1.82) is 0 Å². The first kappa shape index (κ1) is 25.5. The van der Waals surface area contributed by atoms with Crippen LogP contribution in [0.5, 0.6) is 0 Å². The molecular formula is C8H13O15S3-3. The summed E-state index contributed by atoms with van der Waals surface area (Å²) in [6.07, 6.45) is -7.94. The number of hydrogen-bond acceptors (Lipinski definition) is 16. The SMILES string of the molecule is CO[C@H]1OC(COS(=O)(=O)[O-])[C@@H](OO[O-])[C@H](OC)C1OS(=O)(=O)[O-].O=S. The van der Waals surface area contributed by atoms with E-state index in [0.717, 1.165) is 14.2 Å². The summed E-state index contributed by atoms with van der Waals surface area (Å²) < 4.78 is 94.8. The molecule has 15 nitrogen and oxygen atoms in total. The molecule has 18 heteroatoms. The molecule has 1 aliphatic heterocycles. The molecule has 0 aromatic rings. The van der Waals surface area contributed by atoms with E-state index in [4.69, 9.17) is 18.4 Å². The van der Waals surface area contributed by atoms with E-state index in [1.807, 2.05) is 0 Å². The first-order chi connectivity index (χ1) is 12.0. The van der Waals surface area contributed by atoms with E-state index < -0.39 is 58.1 Å². The summed E-state index contributed by atoms with van der Waals surface area (Å²) in [6, 6.07) is 0. The number of rotatable bonds is 9. The van der Waals surface area contributed by atoms with E-state index in [1.54, 1.807) is 0 Å². The Morgan fingerprint density at radius 2 is 1.54 bits per heavy atom. The van der Waals surface area contributed by atoms with Crippen LogP contribution in [0, 0.1) is 0 Å². The van der Waals surface area contributed by atoms with Crippen LogP contribution >= 0.6 is 0 Å². The van der Waals surface area contributed by atoms with Crippen molar-refractivity contribution in [3.8, 4) is 0 Å². The van der Waals surface area contributed by atoms with E-state index >= 15 is 0 Å². The van der Waals surface area contributed by atoms with E-state index in [2.05, 4.69) is 30.8 Å². The van der Waals surface area contributed by atoms with Crippen LogP contribution in [0.4, 0.5) is 0 Å². The molecule has 0 N–H and O–H groups in total. The molecule has 0 saturated carbocycles. The Balaban J connectivity index is 0.00000301. The van der Waals surface area contributed by atoms with Gasteiger partial charge in [-0.2, -0.15) is 4.21 Å². The molecule has 0 spiro atoms. The predicted octanol–water partition coefficient (Wildman–Crippen LogP) is -4.05. The Hall–Kier alpha value is -0.480. The average molecular weight is 445 g/mol. The molecule has 2 unspecified atom stereocenters. The summed E-state index contributed by atoms with van der Waals surface area (Å²) in [5, 5.41) is 13.4. The summed E-state index contributed by atoms with van der Waals surface area (Å²) in [5.41, 5.74) is 0. The third-order valence-corrected chi connectivity index (χ3v) is 3.73. The minimum absolute atomic E-state index is 0.948. The van der Waals surface area contributed by atoms with Crippen LogP contribution in [0.25, 0.3) is 0 Å². The molecule has 1 fully saturated rings. The van der Waals surface area contributed by atoms with Crippen LogP contribution in [0.3, 0.4) is 0 Å². The Morgan fingerprint density at radius 1 is 0.962 bits per heavy atom. The summed E-state index contributed by atoms with van der Waals surface area (Å²) >= 11 is 2.83. The lowest BCUT2D eigenvalue weighted by Crippen LogP contribution is -2.62. The van der Waals surface area contributed by atoms with Crippen molar-refractivity contribution < 1.29 is 67.9 Å². The molecule has 0 bridgehead atoms. The fraction of sp³-hybridized carbons (Fsp3) is 1.00. The molecular weight excluding hydrogens is 432 g/mol. The Kier molecular flexibility index (Phi) is 11.2. The number of hydrogen-bond donors (Lipinski definition) is 0. The van der Waals surface area contributed by atoms with Gasteiger partial charge in [0, 0.05) is 14.2 Å². The third-order valence-electron chi connectivity index (χ3n) is 2.85. The second kappa shape index (κ2) is 11.4. The van der Waals surface area contributed by atoms with E-state index in [9.17, 15) is 31.2 Å². The maximum absolute atomic E-state index is 10.8. The lowest BCUT2D eigenvalue weighted by Gasteiger charge is -2.44. The van der Waals surface area contributed by atoms with E-state index in [0.29, 0.717) is 0 Å². The molecule has 1 aliphatic rings. The Labute approximate surface area is 153 Å². The Morgan fingerprint density at radius 3 is 1.92 bits per heavy atom. The molecule has 1 saturated heterocycles. The fourth-order valence-electron chi connectivity index (χ4n) is 2.02. The summed E-state index contributed by atoms with van der Waals surface area (Å²) in [4.78, 5) is 4.29. The maximum Gasteiger partial charge on any atom is 0.218 e. The first-order valence-corrected chi connectivity index (χ1v) is 9.09. The van der Waals surface area contributed by atoms with Gasteiger partial charge in [0.25, 0.3) is 0 Å². The van der Waals surface area contributed by atoms with Crippen LogP contribution < -0.4 is 5.26 Å². The van der Waals surface area contributed by atoms with Gasteiger partial charge in [-0.3, -0.25) is 13.4 Å². The monoisotopic (exact) mass is 445 g/mol. The normalized spacial score (nSPS) is 29.7. The maximum atomic E-state index is 10.8. The zero-order valence-electron chi connectivity index (χ0n) is 12.9. The van der Waals surface area contributed by atoms with Crippen molar-refractivity contribution in [3.63, 3.8) is 0 Å². The van der Waals surface area contributed by atoms with Crippen molar-refractivity contribution in [2.24, 2.45) is 0 Å². The van der Waals surface area contributed by atoms with E-state index in [-0.39, 0.29) is 0 Å². The highest BCUT2D eigenvalue weighted by Gasteiger charge is 2.50. The second-order valence-corrected chi connectivity index (χ2v) is 6.33. The smallest absolute Gasteiger partial charge is 0.218 e. The van der Waals surface area contributed by atoms with Gasteiger partial charge in [0.1, 0.15) is 18.3 Å². The van der Waals surface area contributed by atoms with Gasteiger partial charge in [-0.25, -0.2) is 21.7 Å². The number of methoxy groups -OCH3 is 2. The standard InChI is InChI=1S/C8H16O14S2.OS/c1-16-6-5(20-22-9)4(3-18-23(10,11)12)19-8(17-2)7(6)21-24(13,14)15;1-2/h4-9H,3H2,1-2H3,(H,10,11,12)(H,13,14,15);/p-3/t4?,5-,6+,7?,8+;/m1./s1. The predicted molar refractivity (Wildman–Crippen MR) is 70.8 cm³/mol. The highest BCUT2D eigenvalue weighted by atomic mass is 32.3. The minimum atomic E-state index is -5.24. The van der Waals surface area contributed by atoms with Gasteiger partial charge in [0.2, 0.25) is 20.8 Å². The highest BCUT2D eigenvalue weighted by molar-refractivity contribution is 7.81. The van der Waals surface area contributed by atoms with Crippen molar-refractivity contribution >= 4 is 33.3 Å². The van der Waals surface area contributed by atoms with Gasteiger partial charge in [0.05, 0.1) is 6.61 Å². The molecule has 0 aliphatic carbocycles. The zero-order valence-corrected chi connectivity index (χ0v) is 15.4.